The highest BCUT2D eigenvalue weighted by atomic mass is 79.9. The van der Waals surface area contributed by atoms with Crippen molar-refractivity contribution in [3.63, 3.8) is 0 Å². The van der Waals surface area contributed by atoms with Crippen LogP contribution in [0.25, 0.3) is 0 Å². The van der Waals surface area contributed by atoms with E-state index in [4.69, 9.17) is 0 Å². The van der Waals surface area contributed by atoms with Crippen LogP contribution in [-0.4, -0.2) is 5.11 Å². The second kappa shape index (κ2) is 6.29. The Kier molecular flexibility index (Phi) is 5.34. The van der Waals surface area contributed by atoms with Crippen molar-refractivity contribution in [1.82, 2.24) is 0 Å². The number of benzene rings is 1. The van der Waals surface area contributed by atoms with Crippen LogP contribution in [0.5, 0.6) is 0 Å². The molecule has 1 aromatic carbocycles. The quantitative estimate of drug-likeness (QED) is 0.607. The predicted molar refractivity (Wildman–Crippen MR) is 68.0 cm³/mol. The van der Waals surface area contributed by atoms with Crippen molar-refractivity contribution >= 4 is 15.9 Å². The van der Waals surface area contributed by atoms with Gasteiger partial charge in [0.25, 0.3) is 0 Å². The Morgan fingerprint density at radius 1 is 1.13 bits per heavy atom. The number of hydrogen-bond acceptors (Lipinski definition) is 1. The lowest BCUT2D eigenvalue weighted by Gasteiger charge is -2.21. The van der Waals surface area contributed by atoms with Gasteiger partial charge in [-0.05, 0) is 34.3 Å². The predicted octanol–water partition coefficient (Wildman–Crippen LogP) is 4.20. The van der Waals surface area contributed by atoms with Crippen molar-refractivity contribution in [2.75, 3.05) is 0 Å². The maximum absolute atomic E-state index is 10.2. The first-order valence-electron chi connectivity index (χ1n) is 5.63. The van der Waals surface area contributed by atoms with Crippen molar-refractivity contribution in [2.45, 2.75) is 43.5 Å². The summed E-state index contributed by atoms with van der Waals surface area (Å²) in [4.78, 5) is 0. The highest BCUT2D eigenvalue weighted by molar-refractivity contribution is 9.09. The van der Waals surface area contributed by atoms with E-state index in [2.05, 4.69) is 22.9 Å². The monoisotopic (exact) mass is 270 g/mol. The Morgan fingerprint density at radius 3 is 2.40 bits per heavy atom. The zero-order valence-corrected chi connectivity index (χ0v) is 10.8. The molecule has 0 amide bonds. The van der Waals surface area contributed by atoms with E-state index in [-0.39, 0.29) is 0 Å². The molecule has 0 heterocycles. The van der Waals surface area contributed by atoms with Crippen molar-refractivity contribution in [1.29, 1.82) is 0 Å². The van der Waals surface area contributed by atoms with E-state index in [9.17, 15) is 5.11 Å². The van der Waals surface area contributed by atoms with Gasteiger partial charge < -0.3 is 5.11 Å². The van der Waals surface area contributed by atoms with Crippen molar-refractivity contribution in [3.8, 4) is 0 Å². The Bertz CT molecular complexity index is 269. The molecular formula is C13H19BrO. The largest absolute Gasteiger partial charge is 0.375 e. The second-order valence-corrected chi connectivity index (χ2v) is 5.25. The van der Waals surface area contributed by atoms with Crippen LogP contribution in [0.15, 0.2) is 30.3 Å². The maximum atomic E-state index is 10.2. The summed E-state index contributed by atoms with van der Waals surface area (Å²) in [5.74, 6) is 0. The fourth-order valence-electron chi connectivity index (χ4n) is 1.62. The van der Waals surface area contributed by atoms with E-state index in [1.165, 1.54) is 19.3 Å². The van der Waals surface area contributed by atoms with Gasteiger partial charge in [0.15, 0.2) is 0 Å². The molecule has 2 heteroatoms. The van der Waals surface area contributed by atoms with Crippen LogP contribution >= 0.6 is 15.9 Å². The summed E-state index contributed by atoms with van der Waals surface area (Å²) in [6.45, 7) is 2.19. The first-order chi connectivity index (χ1) is 7.17. The minimum atomic E-state index is -0.845. The summed E-state index contributed by atoms with van der Waals surface area (Å²) in [7, 11) is 0. The smallest absolute Gasteiger partial charge is 0.144 e. The standard InChI is InChI=1S/C13H19BrO/c1-2-3-4-8-11-13(14,15)12-9-6-5-7-10-12/h5-7,9-10,15H,2-4,8,11H2,1H3. The molecule has 84 valence electrons. The number of hydrogen-bond donors (Lipinski definition) is 1. The number of aliphatic hydroxyl groups is 1. The summed E-state index contributed by atoms with van der Waals surface area (Å²) in [6.07, 6.45) is 5.50. The Labute approximate surface area is 101 Å². The molecule has 0 aromatic heterocycles. The van der Waals surface area contributed by atoms with Gasteiger partial charge >= 0.3 is 0 Å². The molecule has 0 aliphatic carbocycles. The van der Waals surface area contributed by atoms with Crippen LogP contribution in [0.2, 0.25) is 0 Å². The van der Waals surface area contributed by atoms with Gasteiger partial charge in [0.1, 0.15) is 4.51 Å². The third kappa shape index (κ3) is 4.35. The minimum absolute atomic E-state index is 0.775. The summed E-state index contributed by atoms with van der Waals surface area (Å²) in [5.41, 5.74) is 0.946. The molecule has 1 nitrogen and oxygen atoms in total. The highest BCUT2D eigenvalue weighted by Crippen LogP contribution is 2.33. The zero-order valence-electron chi connectivity index (χ0n) is 9.25. The molecule has 0 radical (unpaired) electrons. The van der Waals surface area contributed by atoms with Gasteiger partial charge in [0.05, 0.1) is 0 Å². The molecule has 1 rings (SSSR count). The van der Waals surface area contributed by atoms with E-state index >= 15 is 0 Å². The lowest BCUT2D eigenvalue weighted by molar-refractivity contribution is 0.131. The van der Waals surface area contributed by atoms with Crippen LogP contribution in [0.1, 0.15) is 44.6 Å². The summed E-state index contributed by atoms with van der Waals surface area (Å²) < 4.78 is -0.845. The minimum Gasteiger partial charge on any atom is -0.375 e. The number of unbranched alkanes of at least 4 members (excludes halogenated alkanes) is 3. The van der Waals surface area contributed by atoms with E-state index in [1.807, 2.05) is 30.3 Å². The van der Waals surface area contributed by atoms with Gasteiger partial charge in [-0.25, -0.2) is 0 Å². The maximum Gasteiger partial charge on any atom is 0.144 e. The zero-order chi connectivity index (χ0) is 11.1. The Morgan fingerprint density at radius 2 is 1.80 bits per heavy atom. The third-order valence-corrected chi connectivity index (χ3v) is 3.43. The molecule has 0 fully saturated rings. The van der Waals surface area contributed by atoms with Gasteiger partial charge in [-0.2, -0.15) is 0 Å². The topological polar surface area (TPSA) is 20.2 Å². The van der Waals surface area contributed by atoms with E-state index in [0.29, 0.717) is 0 Å². The molecule has 1 aromatic rings. The third-order valence-electron chi connectivity index (χ3n) is 2.58. The lowest BCUT2D eigenvalue weighted by atomic mass is 10.0. The molecule has 0 aliphatic rings. The van der Waals surface area contributed by atoms with Crippen LogP contribution in [-0.2, 0) is 4.51 Å². The molecule has 0 aliphatic heterocycles. The van der Waals surface area contributed by atoms with Gasteiger partial charge in [-0.1, -0.05) is 56.5 Å². The van der Waals surface area contributed by atoms with Gasteiger partial charge in [0, 0.05) is 0 Å². The molecule has 15 heavy (non-hydrogen) atoms. The van der Waals surface area contributed by atoms with Crippen LogP contribution in [0.4, 0.5) is 0 Å². The van der Waals surface area contributed by atoms with E-state index in [1.54, 1.807) is 0 Å². The molecule has 0 bridgehead atoms. The summed E-state index contributed by atoms with van der Waals surface area (Å²) in [6, 6.07) is 9.77. The van der Waals surface area contributed by atoms with Crippen LogP contribution < -0.4 is 0 Å². The molecule has 0 saturated carbocycles. The van der Waals surface area contributed by atoms with E-state index < -0.39 is 4.51 Å². The summed E-state index contributed by atoms with van der Waals surface area (Å²) >= 11 is 3.40. The van der Waals surface area contributed by atoms with Crippen LogP contribution in [0.3, 0.4) is 0 Å². The fourth-order valence-corrected chi connectivity index (χ4v) is 2.17. The molecular weight excluding hydrogens is 252 g/mol. The lowest BCUT2D eigenvalue weighted by Crippen LogP contribution is -2.16. The van der Waals surface area contributed by atoms with Crippen molar-refractivity contribution in [3.05, 3.63) is 35.9 Å². The van der Waals surface area contributed by atoms with Crippen molar-refractivity contribution < 1.29 is 5.11 Å². The van der Waals surface area contributed by atoms with Gasteiger partial charge in [-0.3, -0.25) is 0 Å². The van der Waals surface area contributed by atoms with Gasteiger partial charge in [0.2, 0.25) is 0 Å². The molecule has 1 N–H and O–H groups in total. The normalized spacial score (nSPS) is 14.9. The summed E-state index contributed by atoms with van der Waals surface area (Å²) in [5, 5.41) is 10.2. The van der Waals surface area contributed by atoms with E-state index in [0.717, 1.165) is 18.4 Å². The molecule has 1 unspecified atom stereocenters. The number of halogens is 1. The van der Waals surface area contributed by atoms with Gasteiger partial charge in [-0.15, -0.1) is 0 Å². The second-order valence-electron chi connectivity index (χ2n) is 3.94. The first kappa shape index (κ1) is 12.7. The average Bonchev–Trinajstić information content (AvgIpc) is 2.26. The molecule has 0 spiro atoms. The Balaban J connectivity index is 2.45. The fraction of sp³-hybridized carbons (Fsp3) is 0.538. The van der Waals surface area contributed by atoms with Crippen molar-refractivity contribution in [2.24, 2.45) is 0 Å². The first-order valence-corrected chi connectivity index (χ1v) is 6.43. The molecule has 0 saturated heterocycles. The average molecular weight is 271 g/mol. The number of alkyl halides is 1. The SMILES string of the molecule is CCCCCCC(O)(Br)c1ccccc1. The Hall–Kier alpha value is -0.340. The molecule has 1 atom stereocenters. The van der Waals surface area contributed by atoms with Crippen LogP contribution in [0, 0.1) is 0 Å². The number of rotatable bonds is 6. The highest BCUT2D eigenvalue weighted by Gasteiger charge is 2.23.